The molecular weight excluding hydrogens is 256 g/mol. The molecule has 0 bridgehead atoms. The highest BCUT2D eigenvalue weighted by Gasteiger charge is 2.40. The smallest absolute Gasteiger partial charge is 0.242 e. The molecule has 1 unspecified atom stereocenters. The first-order valence-electron chi connectivity index (χ1n) is 7.32. The predicted molar refractivity (Wildman–Crippen MR) is 72.8 cm³/mol. The average molecular weight is 276 g/mol. The summed E-state index contributed by atoms with van der Waals surface area (Å²) in [6, 6.07) is -0.264. The molecule has 108 valence electrons. The van der Waals surface area contributed by atoms with Crippen LogP contribution < -0.4 is 5.32 Å². The van der Waals surface area contributed by atoms with Crippen molar-refractivity contribution in [2.45, 2.75) is 38.1 Å². The number of rotatable bonds is 5. The van der Waals surface area contributed by atoms with Gasteiger partial charge in [0.2, 0.25) is 11.8 Å². The molecule has 2 amide bonds. The van der Waals surface area contributed by atoms with Crippen LogP contribution in [0.15, 0.2) is 12.4 Å². The summed E-state index contributed by atoms with van der Waals surface area (Å²) in [6.07, 6.45) is 7.83. The van der Waals surface area contributed by atoms with Gasteiger partial charge in [-0.1, -0.05) is 0 Å². The van der Waals surface area contributed by atoms with Gasteiger partial charge in [-0.05, 0) is 25.7 Å². The minimum absolute atomic E-state index is 0.0249. The van der Waals surface area contributed by atoms with E-state index in [4.69, 9.17) is 0 Å². The summed E-state index contributed by atoms with van der Waals surface area (Å²) >= 11 is 0. The van der Waals surface area contributed by atoms with Crippen molar-refractivity contribution in [2.24, 2.45) is 5.92 Å². The molecule has 6 heteroatoms. The normalized spacial score (nSPS) is 22.0. The number of nitrogens with zero attached hydrogens (tertiary/aromatic N) is 2. The second-order valence-electron chi connectivity index (χ2n) is 5.54. The highest BCUT2D eigenvalue weighted by atomic mass is 16.2. The van der Waals surface area contributed by atoms with Gasteiger partial charge in [0.15, 0.2) is 0 Å². The molecule has 20 heavy (non-hydrogen) atoms. The molecule has 1 aliphatic carbocycles. The van der Waals surface area contributed by atoms with Crippen LogP contribution >= 0.6 is 0 Å². The van der Waals surface area contributed by atoms with E-state index >= 15 is 0 Å². The monoisotopic (exact) mass is 276 g/mol. The van der Waals surface area contributed by atoms with Gasteiger partial charge in [-0.15, -0.1) is 0 Å². The second-order valence-corrected chi connectivity index (χ2v) is 5.54. The van der Waals surface area contributed by atoms with Crippen LogP contribution in [0, 0.1) is 5.92 Å². The van der Waals surface area contributed by atoms with E-state index in [1.807, 2.05) is 0 Å². The number of nitrogens with one attached hydrogen (secondary N) is 2. The van der Waals surface area contributed by atoms with Gasteiger partial charge in [0, 0.05) is 37.8 Å². The van der Waals surface area contributed by atoms with Crippen molar-refractivity contribution in [1.29, 1.82) is 0 Å². The molecule has 6 nitrogen and oxygen atoms in total. The molecule has 2 N–H and O–H groups in total. The lowest BCUT2D eigenvalue weighted by Crippen LogP contribution is -2.46. The van der Waals surface area contributed by atoms with Crippen LogP contribution in [-0.2, 0) is 16.0 Å². The largest absolute Gasteiger partial charge is 0.354 e. The van der Waals surface area contributed by atoms with E-state index < -0.39 is 0 Å². The van der Waals surface area contributed by atoms with Gasteiger partial charge >= 0.3 is 0 Å². The molecule has 0 spiro atoms. The van der Waals surface area contributed by atoms with Crippen molar-refractivity contribution >= 4 is 11.8 Å². The Kier molecular flexibility index (Phi) is 3.71. The zero-order chi connectivity index (χ0) is 13.9. The van der Waals surface area contributed by atoms with Crippen LogP contribution in [0.1, 0.15) is 31.5 Å². The molecule has 0 aromatic carbocycles. The van der Waals surface area contributed by atoms with Gasteiger partial charge in [-0.2, -0.15) is 0 Å². The van der Waals surface area contributed by atoms with Crippen LogP contribution in [0.4, 0.5) is 0 Å². The summed E-state index contributed by atoms with van der Waals surface area (Å²) in [7, 11) is 0. The quantitative estimate of drug-likeness (QED) is 0.820. The molecule has 0 radical (unpaired) electrons. The number of hydrogen-bond acceptors (Lipinski definition) is 3. The predicted octanol–water partition coefficient (Wildman–Crippen LogP) is 0.469. The number of carbonyl (C=O) groups is 2. The van der Waals surface area contributed by atoms with E-state index in [2.05, 4.69) is 15.3 Å². The third-order valence-corrected chi connectivity index (χ3v) is 3.98. The Morgan fingerprint density at radius 1 is 1.40 bits per heavy atom. The van der Waals surface area contributed by atoms with Gasteiger partial charge in [0.1, 0.15) is 11.9 Å². The standard InChI is InChI=1S/C14H20N4O2/c19-13(17-6-5-12-15-7-8-16-12)11-2-1-9-18(11)14(20)10-3-4-10/h7-8,10-11H,1-6,9H2,(H,15,16)(H,17,19). The lowest BCUT2D eigenvalue weighted by atomic mass is 10.2. The second kappa shape index (κ2) is 5.64. The molecule has 3 rings (SSSR count). The van der Waals surface area contributed by atoms with E-state index in [1.54, 1.807) is 17.3 Å². The van der Waals surface area contributed by atoms with Crippen LogP contribution in [-0.4, -0.2) is 45.8 Å². The Hall–Kier alpha value is -1.85. The van der Waals surface area contributed by atoms with E-state index in [0.717, 1.165) is 38.1 Å². The molecule has 1 atom stereocenters. The van der Waals surface area contributed by atoms with Crippen LogP contribution in [0.5, 0.6) is 0 Å². The van der Waals surface area contributed by atoms with Crippen molar-refractivity contribution in [3.8, 4) is 0 Å². The Bertz CT molecular complexity index is 481. The number of amides is 2. The highest BCUT2D eigenvalue weighted by Crippen LogP contribution is 2.33. The lowest BCUT2D eigenvalue weighted by molar-refractivity contribution is -0.139. The third kappa shape index (κ3) is 2.84. The summed E-state index contributed by atoms with van der Waals surface area (Å²) in [6.45, 7) is 1.28. The van der Waals surface area contributed by atoms with Crippen molar-refractivity contribution in [2.75, 3.05) is 13.1 Å². The molecular formula is C14H20N4O2. The molecule has 1 saturated heterocycles. The number of H-pyrrole nitrogens is 1. The molecule has 1 aromatic heterocycles. The highest BCUT2D eigenvalue weighted by molar-refractivity contribution is 5.89. The topological polar surface area (TPSA) is 78.1 Å². The number of carbonyl (C=O) groups excluding carboxylic acids is 2. The maximum absolute atomic E-state index is 12.2. The van der Waals surface area contributed by atoms with Crippen LogP contribution in [0.2, 0.25) is 0 Å². The molecule has 2 fully saturated rings. The fraction of sp³-hybridized carbons (Fsp3) is 0.643. The van der Waals surface area contributed by atoms with Crippen LogP contribution in [0.25, 0.3) is 0 Å². The number of likely N-dealkylation sites (tertiary alicyclic amines) is 1. The SMILES string of the molecule is O=C(NCCc1ncc[nH]1)C1CCCN1C(=O)C1CC1. The molecule has 1 aliphatic heterocycles. The molecule has 2 aliphatic rings. The number of hydrogen-bond donors (Lipinski definition) is 2. The van der Waals surface area contributed by atoms with Gasteiger partial charge in [0.25, 0.3) is 0 Å². The molecule has 1 aromatic rings. The summed E-state index contributed by atoms with van der Waals surface area (Å²) in [5.74, 6) is 1.20. The molecule has 2 heterocycles. The Balaban J connectivity index is 1.49. The van der Waals surface area contributed by atoms with E-state index in [1.165, 1.54) is 0 Å². The molecule has 1 saturated carbocycles. The summed E-state index contributed by atoms with van der Waals surface area (Å²) in [4.78, 5) is 33.2. The van der Waals surface area contributed by atoms with Crippen molar-refractivity contribution in [3.05, 3.63) is 18.2 Å². The van der Waals surface area contributed by atoms with Crippen LogP contribution in [0.3, 0.4) is 0 Å². The van der Waals surface area contributed by atoms with Gasteiger partial charge < -0.3 is 15.2 Å². The Labute approximate surface area is 117 Å². The van der Waals surface area contributed by atoms with Crippen molar-refractivity contribution in [1.82, 2.24) is 20.2 Å². The van der Waals surface area contributed by atoms with E-state index in [9.17, 15) is 9.59 Å². The van der Waals surface area contributed by atoms with Gasteiger partial charge in [0.05, 0.1) is 0 Å². The minimum atomic E-state index is -0.264. The maximum Gasteiger partial charge on any atom is 0.242 e. The Morgan fingerprint density at radius 2 is 2.25 bits per heavy atom. The lowest BCUT2D eigenvalue weighted by Gasteiger charge is -2.23. The fourth-order valence-corrected chi connectivity index (χ4v) is 2.72. The minimum Gasteiger partial charge on any atom is -0.354 e. The van der Waals surface area contributed by atoms with Gasteiger partial charge in [-0.3, -0.25) is 9.59 Å². The van der Waals surface area contributed by atoms with E-state index in [0.29, 0.717) is 13.0 Å². The van der Waals surface area contributed by atoms with E-state index in [-0.39, 0.29) is 23.8 Å². The van der Waals surface area contributed by atoms with Crippen molar-refractivity contribution in [3.63, 3.8) is 0 Å². The summed E-state index contributed by atoms with van der Waals surface area (Å²) in [5, 5.41) is 2.91. The number of aromatic nitrogens is 2. The van der Waals surface area contributed by atoms with Crippen molar-refractivity contribution < 1.29 is 9.59 Å². The first-order valence-corrected chi connectivity index (χ1v) is 7.32. The fourth-order valence-electron chi connectivity index (χ4n) is 2.72. The number of aromatic amines is 1. The maximum atomic E-state index is 12.2. The first kappa shape index (κ1) is 13.1. The number of imidazole rings is 1. The Morgan fingerprint density at radius 3 is 2.95 bits per heavy atom. The first-order chi connectivity index (χ1) is 9.75. The summed E-state index contributed by atoms with van der Waals surface area (Å²) in [5.41, 5.74) is 0. The third-order valence-electron chi connectivity index (χ3n) is 3.98. The summed E-state index contributed by atoms with van der Waals surface area (Å²) < 4.78 is 0. The average Bonchev–Trinajstić information content (AvgIpc) is 2.97. The zero-order valence-corrected chi connectivity index (χ0v) is 11.5. The van der Waals surface area contributed by atoms with Gasteiger partial charge in [-0.25, -0.2) is 4.98 Å². The zero-order valence-electron chi connectivity index (χ0n) is 11.5.